The first kappa shape index (κ1) is 19.4. The first-order valence-electron chi connectivity index (χ1n) is 9.94. The molecule has 2 aromatic carbocycles. The van der Waals surface area contributed by atoms with Gasteiger partial charge >= 0.3 is 5.63 Å². The number of amides is 1. The van der Waals surface area contributed by atoms with Crippen molar-refractivity contribution in [3.8, 4) is 5.75 Å². The number of nitrogens with one attached hydrogen (secondary N) is 1. The van der Waals surface area contributed by atoms with Crippen LogP contribution in [0.5, 0.6) is 5.75 Å². The second-order valence-electron chi connectivity index (χ2n) is 7.02. The highest BCUT2D eigenvalue weighted by atomic mass is 32.2. The van der Waals surface area contributed by atoms with E-state index in [9.17, 15) is 9.59 Å². The van der Waals surface area contributed by atoms with E-state index < -0.39 is 11.5 Å². The summed E-state index contributed by atoms with van der Waals surface area (Å²) in [7, 11) is 0. The van der Waals surface area contributed by atoms with Crippen LogP contribution in [0.4, 0.5) is 5.69 Å². The van der Waals surface area contributed by atoms with Crippen LogP contribution in [0.2, 0.25) is 0 Å². The minimum Gasteiger partial charge on any atom is -0.490 e. The molecule has 3 heterocycles. The maximum Gasteiger partial charge on any atom is 0.349 e. The van der Waals surface area contributed by atoms with Gasteiger partial charge in [0.05, 0.1) is 18.8 Å². The molecule has 0 saturated heterocycles. The second kappa shape index (κ2) is 7.96. The fraction of sp³-hybridized carbons (Fsp3) is 0.174. The highest BCUT2D eigenvalue weighted by molar-refractivity contribution is 8.16. The van der Waals surface area contributed by atoms with Crippen LogP contribution in [0.1, 0.15) is 22.8 Å². The molecule has 8 heteroatoms. The van der Waals surface area contributed by atoms with Crippen LogP contribution < -0.4 is 15.7 Å². The van der Waals surface area contributed by atoms with Crippen molar-refractivity contribution >= 4 is 45.2 Å². The van der Waals surface area contributed by atoms with Crippen molar-refractivity contribution in [2.24, 2.45) is 4.99 Å². The molecule has 31 heavy (non-hydrogen) atoms. The Morgan fingerprint density at radius 2 is 2.10 bits per heavy atom. The van der Waals surface area contributed by atoms with Gasteiger partial charge in [0.2, 0.25) is 0 Å². The lowest BCUT2D eigenvalue weighted by Crippen LogP contribution is -2.21. The van der Waals surface area contributed by atoms with Crippen LogP contribution >= 0.6 is 11.8 Å². The van der Waals surface area contributed by atoms with E-state index in [-0.39, 0.29) is 5.56 Å². The highest BCUT2D eigenvalue weighted by Gasteiger charge is 2.27. The van der Waals surface area contributed by atoms with Crippen LogP contribution in [0.3, 0.4) is 0 Å². The Kier molecular flexibility index (Phi) is 4.99. The molecule has 1 aromatic heterocycles. The maximum atomic E-state index is 12.7. The number of rotatable bonds is 5. The van der Waals surface area contributed by atoms with E-state index in [4.69, 9.17) is 9.15 Å². The van der Waals surface area contributed by atoms with Crippen molar-refractivity contribution in [3.63, 3.8) is 0 Å². The molecule has 156 valence electrons. The number of nitrogens with zero attached hydrogens (tertiary/aromatic N) is 2. The first-order chi connectivity index (χ1) is 15.1. The van der Waals surface area contributed by atoms with Gasteiger partial charge in [0.1, 0.15) is 5.56 Å². The van der Waals surface area contributed by atoms with E-state index >= 15 is 0 Å². The Morgan fingerprint density at radius 3 is 2.90 bits per heavy atom. The average Bonchev–Trinajstić information content (AvgIpc) is 3.39. The van der Waals surface area contributed by atoms with Gasteiger partial charge in [-0.15, -0.1) is 0 Å². The molecule has 0 bridgehead atoms. The number of thioether (sulfide) groups is 1. The van der Waals surface area contributed by atoms with Crippen molar-refractivity contribution in [2.75, 3.05) is 25.0 Å². The van der Waals surface area contributed by atoms with Crippen molar-refractivity contribution in [2.45, 2.75) is 6.92 Å². The third-order valence-electron chi connectivity index (χ3n) is 5.08. The highest BCUT2D eigenvalue weighted by Crippen LogP contribution is 2.35. The Morgan fingerprint density at radius 1 is 1.26 bits per heavy atom. The summed E-state index contributed by atoms with van der Waals surface area (Å²) in [4.78, 5) is 31.8. The number of anilines is 1. The molecule has 2 aliphatic rings. The van der Waals surface area contributed by atoms with E-state index in [1.165, 1.54) is 6.07 Å². The Balaban J connectivity index is 1.36. The van der Waals surface area contributed by atoms with E-state index in [0.29, 0.717) is 29.0 Å². The number of amidine groups is 1. The molecule has 0 fully saturated rings. The molecule has 0 atom stereocenters. The zero-order valence-electron chi connectivity index (χ0n) is 16.8. The van der Waals surface area contributed by atoms with Crippen molar-refractivity contribution in [3.05, 3.63) is 75.5 Å². The predicted octanol–water partition coefficient (Wildman–Crippen LogP) is 4.16. The molecule has 2 aliphatic heterocycles. The smallest absolute Gasteiger partial charge is 0.349 e. The monoisotopic (exact) mass is 433 g/mol. The topological polar surface area (TPSA) is 84.1 Å². The largest absolute Gasteiger partial charge is 0.490 e. The second-order valence-corrected chi connectivity index (χ2v) is 7.86. The summed E-state index contributed by atoms with van der Waals surface area (Å²) in [5.74, 6) is -0.0416. The average molecular weight is 433 g/mol. The summed E-state index contributed by atoms with van der Waals surface area (Å²) in [6.45, 7) is 4.00. The number of benzene rings is 2. The summed E-state index contributed by atoms with van der Waals surface area (Å²) >= 11 is 1.62. The molecular formula is C23H19N3O4S. The summed E-state index contributed by atoms with van der Waals surface area (Å²) < 4.78 is 10.9. The van der Waals surface area contributed by atoms with Gasteiger partial charge in [-0.05, 0) is 36.8 Å². The Labute approximate surface area is 182 Å². The molecule has 0 spiro atoms. The van der Waals surface area contributed by atoms with E-state index in [1.807, 2.05) is 31.2 Å². The molecule has 1 amide bonds. The van der Waals surface area contributed by atoms with Crippen molar-refractivity contribution in [1.82, 2.24) is 4.90 Å². The fourth-order valence-electron chi connectivity index (χ4n) is 3.61. The van der Waals surface area contributed by atoms with Crippen molar-refractivity contribution < 1.29 is 13.9 Å². The third kappa shape index (κ3) is 3.59. The number of fused-ring (bicyclic) bond motifs is 2. The third-order valence-corrected chi connectivity index (χ3v) is 5.98. The van der Waals surface area contributed by atoms with Crippen LogP contribution in [0, 0.1) is 0 Å². The molecule has 3 aromatic rings. The van der Waals surface area contributed by atoms with Crippen LogP contribution in [-0.2, 0) is 0 Å². The lowest BCUT2D eigenvalue weighted by Gasteiger charge is -2.16. The van der Waals surface area contributed by atoms with E-state index in [0.717, 1.165) is 29.5 Å². The molecule has 0 aliphatic carbocycles. The van der Waals surface area contributed by atoms with Gasteiger partial charge in [0, 0.05) is 23.0 Å². The number of carbonyl (C=O) groups is 1. The van der Waals surface area contributed by atoms with Crippen LogP contribution in [0.15, 0.2) is 68.1 Å². The van der Waals surface area contributed by atoms with Crippen LogP contribution in [-0.4, -0.2) is 35.7 Å². The van der Waals surface area contributed by atoms with Gasteiger partial charge in [0.15, 0.2) is 16.5 Å². The minimum atomic E-state index is -0.706. The molecule has 0 radical (unpaired) electrons. The SMILES string of the molecule is CCOc1cccc2cc(C(=O)Nc3ccc(C4=CSC5=NCCN45)cc3)c(=O)oc12. The van der Waals surface area contributed by atoms with E-state index in [1.54, 1.807) is 30.0 Å². The summed E-state index contributed by atoms with van der Waals surface area (Å²) in [6, 6.07) is 14.4. The maximum absolute atomic E-state index is 12.7. The fourth-order valence-corrected chi connectivity index (χ4v) is 4.58. The molecule has 7 nitrogen and oxygen atoms in total. The van der Waals surface area contributed by atoms with E-state index in [2.05, 4.69) is 20.6 Å². The molecule has 0 saturated carbocycles. The lowest BCUT2D eigenvalue weighted by atomic mass is 10.1. The molecular weight excluding hydrogens is 414 g/mol. The first-order valence-corrected chi connectivity index (χ1v) is 10.8. The Bertz CT molecular complexity index is 1290. The van der Waals surface area contributed by atoms with Crippen molar-refractivity contribution in [1.29, 1.82) is 0 Å². The van der Waals surface area contributed by atoms with Crippen LogP contribution in [0.25, 0.3) is 16.7 Å². The van der Waals surface area contributed by atoms with Gasteiger partial charge in [-0.3, -0.25) is 9.79 Å². The number of hydrogen-bond donors (Lipinski definition) is 1. The number of hydrogen-bond acceptors (Lipinski definition) is 7. The normalized spacial score (nSPS) is 14.9. The molecule has 0 unspecified atom stereocenters. The van der Waals surface area contributed by atoms with Gasteiger partial charge in [-0.2, -0.15) is 0 Å². The van der Waals surface area contributed by atoms with Gasteiger partial charge < -0.3 is 19.4 Å². The predicted molar refractivity (Wildman–Crippen MR) is 123 cm³/mol. The number of para-hydroxylation sites is 1. The summed E-state index contributed by atoms with van der Waals surface area (Å²) in [5, 5.41) is 6.52. The van der Waals surface area contributed by atoms with Gasteiger partial charge in [-0.1, -0.05) is 36.0 Å². The number of carbonyl (C=O) groups excluding carboxylic acids is 1. The molecule has 1 N–H and O–H groups in total. The Hall–Kier alpha value is -3.52. The number of ether oxygens (including phenoxy) is 1. The zero-order chi connectivity index (χ0) is 21.4. The van der Waals surface area contributed by atoms with Gasteiger partial charge in [0.25, 0.3) is 5.91 Å². The van der Waals surface area contributed by atoms with Gasteiger partial charge in [-0.25, -0.2) is 4.79 Å². The summed E-state index contributed by atoms with van der Waals surface area (Å²) in [6.07, 6.45) is 0. The zero-order valence-corrected chi connectivity index (χ0v) is 17.6. The molecule has 5 rings (SSSR count). The standard InChI is InChI=1S/C23H19N3O4S/c1-2-29-19-5-3-4-15-12-17(22(28)30-20(15)19)21(27)25-16-8-6-14(7-9-16)18-13-31-23-24-10-11-26(18)23/h3-9,12-13H,2,10-11H2,1H3,(H,25,27). The number of aliphatic imine (C=N–C) groups is 1. The summed E-state index contributed by atoms with van der Waals surface area (Å²) in [5.41, 5.74) is 2.33. The quantitative estimate of drug-likeness (QED) is 0.609. The minimum absolute atomic E-state index is 0.0574. The lowest BCUT2D eigenvalue weighted by molar-refractivity contribution is 0.102.